The maximum atomic E-state index is 13.7. The van der Waals surface area contributed by atoms with E-state index in [-0.39, 0.29) is 34.4 Å². The van der Waals surface area contributed by atoms with E-state index in [4.69, 9.17) is 10.5 Å². The average molecular weight is 405 g/mol. The summed E-state index contributed by atoms with van der Waals surface area (Å²) in [6.07, 6.45) is 0.638. The molecular formula is C19H24FN5O4. The van der Waals surface area contributed by atoms with Gasteiger partial charge in [-0.25, -0.2) is 14.2 Å². The number of likely N-dealkylation sites (tertiary alicyclic amines) is 1. The van der Waals surface area contributed by atoms with E-state index in [0.29, 0.717) is 25.9 Å². The summed E-state index contributed by atoms with van der Waals surface area (Å²) >= 11 is 0. The number of hydrogen-bond donors (Lipinski definition) is 3. The van der Waals surface area contributed by atoms with Crippen molar-refractivity contribution >= 4 is 28.9 Å². The molecule has 1 saturated heterocycles. The van der Waals surface area contributed by atoms with Gasteiger partial charge in [0, 0.05) is 19.1 Å². The lowest BCUT2D eigenvalue weighted by molar-refractivity contribution is 0.0472. The van der Waals surface area contributed by atoms with Crippen molar-refractivity contribution < 1.29 is 23.5 Å². The molecule has 1 aromatic heterocycles. The third-order valence-electron chi connectivity index (χ3n) is 4.52. The second-order valence-corrected chi connectivity index (χ2v) is 8.01. The van der Waals surface area contributed by atoms with E-state index in [9.17, 15) is 18.8 Å². The van der Waals surface area contributed by atoms with Crippen molar-refractivity contribution in [1.82, 2.24) is 20.2 Å². The predicted molar refractivity (Wildman–Crippen MR) is 103 cm³/mol. The number of nitrogens with one attached hydrogen (secondary N) is 2. The van der Waals surface area contributed by atoms with Crippen LogP contribution in [0.15, 0.2) is 12.1 Å². The summed E-state index contributed by atoms with van der Waals surface area (Å²) in [5.74, 6) is -1.84. The lowest BCUT2D eigenvalue weighted by Gasteiger charge is -2.32. The summed E-state index contributed by atoms with van der Waals surface area (Å²) in [5, 5.41) is 2.81. The van der Waals surface area contributed by atoms with Gasteiger partial charge in [0.05, 0.1) is 11.1 Å². The Morgan fingerprint density at radius 2 is 1.93 bits per heavy atom. The molecule has 9 nitrogen and oxygen atoms in total. The van der Waals surface area contributed by atoms with Crippen LogP contribution in [-0.2, 0) is 4.74 Å². The number of nitrogens with two attached hydrogens (primary N) is 1. The summed E-state index contributed by atoms with van der Waals surface area (Å²) in [6.45, 7) is 6.19. The fourth-order valence-corrected chi connectivity index (χ4v) is 3.22. The van der Waals surface area contributed by atoms with Crippen LogP contribution in [0.3, 0.4) is 0 Å². The third kappa shape index (κ3) is 4.82. The van der Waals surface area contributed by atoms with Crippen LogP contribution in [0.1, 0.15) is 54.6 Å². The van der Waals surface area contributed by atoms with Crippen LogP contribution in [0.4, 0.5) is 9.18 Å². The lowest BCUT2D eigenvalue weighted by Crippen LogP contribution is -2.47. The monoisotopic (exact) mass is 405 g/mol. The van der Waals surface area contributed by atoms with Crippen molar-refractivity contribution in [2.24, 2.45) is 5.73 Å². The molecule has 10 heteroatoms. The number of carbonyl (C=O) groups excluding carboxylic acids is 3. The quantitative estimate of drug-likeness (QED) is 0.718. The predicted octanol–water partition coefficient (Wildman–Crippen LogP) is 1.93. The molecule has 3 rings (SSSR count). The Labute approximate surface area is 166 Å². The molecule has 0 unspecified atom stereocenters. The van der Waals surface area contributed by atoms with Gasteiger partial charge >= 0.3 is 6.09 Å². The third-order valence-corrected chi connectivity index (χ3v) is 4.52. The zero-order valence-electron chi connectivity index (χ0n) is 16.5. The van der Waals surface area contributed by atoms with E-state index < -0.39 is 23.4 Å². The number of aromatic nitrogens is 2. The van der Waals surface area contributed by atoms with Crippen molar-refractivity contribution in [1.29, 1.82) is 0 Å². The van der Waals surface area contributed by atoms with E-state index in [1.807, 2.05) is 0 Å². The van der Waals surface area contributed by atoms with Crippen molar-refractivity contribution in [2.45, 2.75) is 45.3 Å². The topological polar surface area (TPSA) is 130 Å². The first-order chi connectivity index (χ1) is 13.5. The first-order valence-electron chi connectivity index (χ1n) is 9.31. The molecular weight excluding hydrogens is 381 g/mol. The molecule has 0 bridgehead atoms. The molecule has 0 aliphatic carbocycles. The van der Waals surface area contributed by atoms with Gasteiger partial charge in [-0.15, -0.1) is 0 Å². The van der Waals surface area contributed by atoms with Gasteiger partial charge in [-0.2, -0.15) is 0 Å². The Balaban J connectivity index is 1.66. The fraction of sp³-hybridized carbons (Fsp3) is 0.474. The van der Waals surface area contributed by atoms with Crippen LogP contribution < -0.4 is 11.1 Å². The molecule has 0 atom stereocenters. The number of rotatable bonds is 3. The van der Waals surface area contributed by atoms with Crippen LogP contribution in [0.5, 0.6) is 0 Å². The Morgan fingerprint density at radius 3 is 2.52 bits per heavy atom. The van der Waals surface area contributed by atoms with Crippen molar-refractivity contribution in [3.63, 3.8) is 0 Å². The largest absolute Gasteiger partial charge is 0.444 e. The van der Waals surface area contributed by atoms with Gasteiger partial charge in [0.15, 0.2) is 5.82 Å². The maximum Gasteiger partial charge on any atom is 0.407 e. The second-order valence-electron chi connectivity index (χ2n) is 8.01. The highest BCUT2D eigenvalue weighted by molar-refractivity contribution is 6.05. The smallest absolute Gasteiger partial charge is 0.407 e. The maximum absolute atomic E-state index is 13.7. The van der Waals surface area contributed by atoms with E-state index in [1.54, 1.807) is 25.7 Å². The minimum Gasteiger partial charge on any atom is -0.444 e. The van der Waals surface area contributed by atoms with Gasteiger partial charge in [0.2, 0.25) is 0 Å². The number of amides is 3. The molecule has 1 aromatic carbocycles. The Kier molecular flexibility index (Phi) is 5.45. The number of halogens is 1. The number of nitrogens with zero attached hydrogens (tertiary/aromatic N) is 2. The average Bonchev–Trinajstić information content (AvgIpc) is 3.03. The Hall–Kier alpha value is -3.17. The highest BCUT2D eigenvalue weighted by Crippen LogP contribution is 2.20. The number of ether oxygens (including phenoxy) is 1. The van der Waals surface area contributed by atoms with Gasteiger partial charge < -0.3 is 25.7 Å². The van der Waals surface area contributed by atoms with E-state index in [1.165, 1.54) is 0 Å². The first kappa shape index (κ1) is 20.6. The second kappa shape index (κ2) is 7.69. The number of piperidine rings is 1. The van der Waals surface area contributed by atoms with Gasteiger partial charge in [-0.1, -0.05) is 0 Å². The molecule has 156 valence electrons. The van der Waals surface area contributed by atoms with E-state index in [2.05, 4.69) is 15.3 Å². The van der Waals surface area contributed by atoms with Crippen LogP contribution in [-0.4, -0.2) is 57.5 Å². The highest BCUT2D eigenvalue weighted by atomic mass is 19.1. The SMILES string of the molecule is CC(C)(C)OC(=O)NC1CCN(C(=O)c2nc3c(C(N)=O)cc(F)cc3[nH]2)CC1. The molecule has 1 fully saturated rings. The van der Waals surface area contributed by atoms with E-state index in [0.717, 1.165) is 12.1 Å². The summed E-state index contributed by atoms with van der Waals surface area (Å²) in [7, 11) is 0. The van der Waals surface area contributed by atoms with Gasteiger partial charge in [-0.05, 0) is 45.7 Å². The molecule has 2 heterocycles. The number of alkyl carbamates (subject to hydrolysis) is 1. The standard InChI is InChI=1S/C19H24FN5O4/c1-19(2,3)29-18(28)22-11-4-6-25(7-5-11)17(27)16-23-13-9-10(20)8-12(15(21)26)14(13)24-16/h8-9,11H,4-7H2,1-3H3,(H2,21,26)(H,22,28)(H,23,24). The first-order valence-corrected chi connectivity index (χ1v) is 9.31. The van der Waals surface area contributed by atoms with Crippen LogP contribution in [0, 0.1) is 5.82 Å². The Bertz CT molecular complexity index is 957. The number of aromatic amines is 1. The molecule has 0 radical (unpaired) electrons. The summed E-state index contributed by atoms with van der Waals surface area (Å²) in [4.78, 5) is 44.7. The number of H-pyrrole nitrogens is 1. The summed E-state index contributed by atoms with van der Waals surface area (Å²) in [5.41, 5.74) is 4.99. The number of hydrogen-bond acceptors (Lipinski definition) is 5. The number of benzene rings is 1. The minimum absolute atomic E-state index is 0.00616. The van der Waals surface area contributed by atoms with Crippen LogP contribution in [0.25, 0.3) is 11.0 Å². The molecule has 1 aliphatic rings. The number of carbonyl (C=O) groups is 3. The molecule has 0 saturated carbocycles. The zero-order valence-corrected chi connectivity index (χ0v) is 16.5. The minimum atomic E-state index is -0.825. The molecule has 2 aromatic rings. The van der Waals surface area contributed by atoms with Crippen molar-refractivity contribution in [2.75, 3.05) is 13.1 Å². The highest BCUT2D eigenvalue weighted by Gasteiger charge is 2.28. The Morgan fingerprint density at radius 1 is 1.28 bits per heavy atom. The zero-order chi connectivity index (χ0) is 21.3. The molecule has 1 aliphatic heterocycles. The van der Waals surface area contributed by atoms with Gasteiger partial charge in [-0.3, -0.25) is 9.59 Å². The van der Waals surface area contributed by atoms with Crippen molar-refractivity contribution in [3.05, 3.63) is 29.3 Å². The molecule has 4 N–H and O–H groups in total. The van der Waals surface area contributed by atoms with Crippen LogP contribution >= 0.6 is 0 Å². The summed E-state index contributed by atoms with van der Waals surface area (Å²) < 4.78 is 18.9. The molecule has 0 spiro atoms. The normalized spacial score (nSPS) is 15.4. The number of imidazole rings is 1. The number of primary amides is 1. The van der Waals surface area contributed by atoms with Crippen LogP contribution in [0.2, 0.25) is 0 Å². The summed E-state index contributed by atoms with van der Waals surface area (Å²) in [6, 6.07) is 2.05. The van der Waals surface area contributed by atoms with Crippen molar-refractivity contribution in [3.8, 4) is 0 Å². The fourth-order valence-electron chi connectivity index (χ4n) is 3.22. The lowest BCUT2D eigenvalue weighted by atomic mass is 10.1. The molecule has 3 amide bonds. The number of fused-ring (bicyclic) bond motifs is 1. The molecule has 29 heavy (non-hydrogen) atoms. The van der Waals surface area contributed by atoms with E-state index >= 15 is 0 Å². The van der Waals surface area contributed by atoms with Gasteiger partial charge in [0.25, 0.3) is 11.8 Å². The van der Waals surface area contributed by atoms with Gasteiger partial charge in [0.1, 0.15) is 16.9 Å².